The zero-order valence-electron chi connectivity index (χ0n) is 66.3. The van der Waals surface area contributed by atoms with Crippen LogP contribution in [0.15, 0.2) is 194 Å². The van der Waals surface area contributed by atoms with Crippen molar-refractivity contribution in [3.63, 3.8) is 0 Å². The highest BCUT2D eigenvalue weighted by molar-refractivity contribution is 5.40. The van der Waals surface area contributed by atoms with E-state index in [1.807, 2.05) is 0 Å². The first-order valence-electron chi connectivity index (χ1n) is 36.2. The van der Waals surface area contributed by atoms with E-state index in [2.05, 4.69) is 78.4 Å². The van der Waals surface area contributed by atoms with Gasteiger partial charge in [0.25, 0.3) is 45.5 Å². The lowest BCUT2D eigenvalue weighted by Crippen LogP contribution is -2.71. The van der Waals surface area contributed by atoms with Crippen molar-refractivity contribution >= 4 is 45.5 Å². The van der Waals surface area contributed by atoms with Crippen molar-refractivity contribution in [1.29, 1.82) is 0 Å². The monoisotopic (exact) mass is 1740 g/mol. The lowest BCUT2D eigenvalue weighted by molar-refractivity contribution is -0.385. The molecule has 8 aromatic rings. The number of nitro groups is 8. The lowest BCUT2D eigenvalue weighted by Gasteiger charge is -2.56. The van der Waals surface area contributed by atoms with Crippen LogP contribution in [-0.2, 0) is 0 Å². The van der Waals surface area contributed by atoms with Crippen LogP contribution in [-0.4, -0.2) is 341 Å². The second kappa shape index (κ2) is 48.9. The number of phenolic OH excluding ortho intramolecular Hbond substituents is 8. The van der Waals surface area contributed by atoms with Gasteiger partial charge < -0.3 is 62.8 Å². The number of hydrogen-bond donors (Lipinski definition) is 8. The molecule has 0 amide bonds. The van der Waals surface area contributed by atoms with E-state index < -0.39 is 39.4 Å². The van der Waals surface area contributed by atoms with Gasteiger partial charge in [0.1, 0.15) is 46.0 Å². The molecule has 16 N–H and O–H groups in total. The number of aromatic hydroxyl groups is 8. The molecule has 52 nitrogen and oxygen atoms in total. The molecule has 0 radical (unpaired) electrons. The summed E-state index contributed by atoms with van der Waals surface area (Å²) in [5, 5.41) is 150. The summed E-state index contributed by atoms with van der Waals surface area (Å²) in [6.07, 6.45) is 0. The van der Waals surface area contributed by atoms with Gasteiger partial charge in [0.05, 0.1) is 199 Å². The van der Waals surface area contributed by atoms with Gasteiger partial charge in [0.2, 0.25) is 0 Å². The molecule has 52 heteroatoms. The van der Waals surface area contributed by atoms with Crippen molar-refractivity contribution < 1.29 is 102 Å². The Hall–Kier alpha value is -13.4. The Bertz CT molecular complexity index is 3650. The molecule has 0 saturated carbocycles. The Kier molecular flexibility index (Phi) is 39.8. The summed E-state index contributed by atoms with van der Waals surface area (Å²) >= 11 is 0. The molecule has 24 rings (SSSR count). The SMILES string of the molecule is C1N2CN3CN1CN(C2)C3.C1N2CN3CN1CN(C2)C3.C1N2CN3CN1CN(C2)C3.C1N2CN3CN1CN(C2)C3.O.O.O.O.O=[N+]([O-])c1ccc(O)cc1.O=[N+]([O-])c1ccc(O)cc1.O=[N+]([O-])c1ccc(O)cc1.O=[N+]([O-])c1ccc(O)cc1.O=[N+]([O-])c1ccc(O)cc1.O=[N+]([O-])c1ccc(O)cc1.O=[N+]([O-])c1ccc(O)cc1.O=[N+]([O-])c1ccc(O)cc1. The fraction of sp³-hybridized carbons (Fsp3) is 0.333. The Morgan fingerprint density at radius 3 is 0.250 bits per heavy atom. The summed E-state index contributed by atoms with van der Waals surface area (Å²) < 4.78 is 0. The second-order valence-corrected chi connectivity index (χ2v) is 28.3. The quantitative estimate of drug-likeness (QED) is 0.0800. The normalized spacial score (nSPS) is 24.5. The van der Waals surface area contributed by atoms with Crippen molar-refractivity contribution in [2.75, 3.05) is 160 Å². The molecule has 0 aliphatic carbocycles. The minimum absolute atomic E-state index is 0. The highest BCUT2D eigenvalue weighted by Crippen LogP contribution is 2.27. The Balaban J connectivity index is 0.000000240. The third-order valence-corrected chi connectivity index (χ3v) is 18.1. The molecule has 0 spiro atoms. The standard InChI is InChI=1S/4C6H12N4.8C6H5NO3.4H2O/c4*1-7-2-9-4-8(1)5-10(3-7)6-9;8*8-6-3-1-5(2-4-6)7(9)10;;;;/h4*1-6H2;8*1-4,8H;4*1H2. The fourth-order valence-electron chi connectivity index (χ4n) is 13.5. The van der Waals surface area contributed by atoms with Crippen molar-refractivity contribution in [1.82, 2.24) is 78.4 Å². The second-order valence-electron chi connectivity index (χ2n) is 28.3. The third-order valence-electron chi connectivity index (χ3n) is 18.1. The van der Waals surface area contributed by atoms with Crippen molar-refractivity contribution in [2.45, 2.75) is 0 Å². The summed E-state index contributed by atoms with van der Waals surface area (Å²) in [5.74, 6) is 0.264. The van der Waals surface area contributed by atoms with Crippen LogP contribution in [0.1, 0.15) is 0 Å². The number of nitrogens with zero attached hydrogens (tertiary/aromatic N) is 24. The van der Waals surface area contributed by atoms with Crippen LogP contribution >= 0.6 is 0 Å². The Labute approximate surface area is 704 Å². The van der Waals surface area contributed by atoms with E-state index in [1.165, 1.54) is 354 Å². The highest BCUT2D eigenvalue weighted by atomic mass is 16.7. The molecule has 672 valence electrons. The number of benzene rings is 8. The van der Waals surface area contributed by atoms with E-state index in [0.29, 0.717) is 0 Å². The molecule has 16 aliphatic heterocycles. The minimum Gasteiger partial charge on any atom is -0.508 e. The maximum atomic E-state index is 10.0. The Morgan fingerprint density at radius 1 is 0.145 bits per heavy atom. The molecule has 0 unspecified atom stereocenters. The van der Waals surface area contributed by atoms with Crippen LogP contribution in [0, 0.1) is 80.9 Å². The average Bonchev–Trinajstić information content (AvgIpc) is 0.804. The van der Waals surface area contributed by atoms with Crippen LogP contribution in [0.25, 0.3) is 0 Å². The number of phenols is 8. The van der Waals surface area contributed by atoms with E-state index in [0.717, 1.165) is 0 Å². The molecule has 16 bridgehead atoms. The predicted octanol–water partition coefficient (Wildman–Crippen LogP) is 3.03. The number of non-ortho nitro benzene ring substituents is 8. The molecule has 16 fully saturated rings. The number of nitro benzene ring substituents is 8. The highest BCUT2D eigenvalue weighted by Gasteiger charge is 2.40. The van der Waals surface area contributed by atoms with Gasteiger partial charge in [-0.1, -0.05) is 0 Å². The fourth-order valence-corrected chi connectivity index (χ4v) is 13.5. The van der Waals surface area contributed by atoms with E-state index in [9.17, 15) is 80.9 Å². The molecule has 0 atom stereocenters. The molecular weight excluding hydrogens is 1650 g/mol. The van der Waals surface area contributed by atoms with Gasteiger partial charge in [-0.2, -0.15) is 0 Å². The number of rotatable bonds is 8. The van der Waals surface area contributed by atoms with Gasteiger partial charge in [0.15, 0.2) is 0 Å². The van der Waals surface area contributed by atoms with Gasteiger partial charge in [-0.25, -0.2) is 0 Å². The molecule has 8 aromatic carbocycles. The molecule has 16 aliphatic rings. The summed E-state index contributed by atoms with van der Waals surface area (Å²) in [5.41, 5.74) is -0.127. The van der Waals surface area contributed by atoms with Crippen LogP contribution in [0.4, 0.5) is 45.5 Å². The molecule has 124 heavy (non-hydrogen) atoms. The van der Waals surface area contributed by atoms with E-state index in [-0.39, 0.29) is 113 Å². The molecule has 16 saturated heterocycles. The molecule has 16 heterocycles. The van der Waals surface area contributed by atoms with Gasteiger partial charge in [-0.05, 0) is 97.1 Å². The summed E-state index contributed by atoms with van der Waals surface area (Å²) in [6.45, 7) is 28.5. The van der Waals surface area contributed by atoms with Gasteiger partial charge in [0, 0.05) is 97.1 Å². The zero-order valence-corrected chi connectivity index (χ0v) is 66.3. The third kappa shape index (κ3) is 33.2. The predicted molar refractivity (Wildman–Crippen MR) is 439 cm³/mol. The molecular formula is C72H96N24O28. The van der Waals surface area contributed by atoms with Crippen LogP contribution in [0.3, 0.4) is 0 Å². The van der Waals surface area contributed by atoms with Gasteiger partial charge in [-0.15, -0.1) is 0 Å². The van der Waals surface area contributed by atoms with E-state index in [4.69, 9.17) is 40.9 Å². The van der Waals surface area contributed by atoms with Crippen molar-refractivity contribution in [3.05, 3.63) is 275 Å². The van der Waals surface area contributed by atoms with Crippen molar-refractivity contribution in [2.24, 2.45) is 0 Å². The first-order valence-corrected chi connectivity index (χ1v) is 36.2. The Morgan fingerprint density at radius 2 is 0.202 bits per heavy atom. The first-order chi connectivity index (χ1) is 57.2. The summed E-state index contributed by atoms with van der Waals surface area (Å²) in [7, 11) is 0. The van der Waals surface area contributed by atoms with E-state index in [1.54, 1.807) is 0 Å². The maximum absolute atomic E-state index is 10.0. The smallest absolute Gasteiger partial charge is 0.269 e. The topological polar surface area (TPSA) is 685 Å². The van der Waals surface area contributed by atoms with Crippen molar-refractivity contribution in [3.8, 4) is 46.0 Å². The largest absolute Gasteiger partial charge is 0.508 e. The van der Waals surface area contributed by atoms with Crippen LogP contribution in [0.2, 0.25) is 0 Å². The zero-order chi connectivity index (χ0) is 86.7. The van der Waals surface area contributed by atoms with Gasteiger partial charge in [-0.3, -0.25) is 159 Å². The summed E-state index contributed by atoms with van der Waals surface area (Å²) in [6, 6.07) is 40.3. The first kappa shape index (κ1) is 101. The van der Waals surface area contributed by atoms with Crippen LogP contribution in [0.5, 0.6) is 46.0 Å². The van der Waals surface area contributed by atoms with Gasteiger partial charge >= 0.3 is 0 Å². The maximum Gasteiger partial charge on any atom is 0.269 e. The number of hydrogen-bond acceptors (Lipinski definition) is 40. The summed E-state index contributed by atoms with van der Waals surface area (Å²) in [4.78, 5) is 116. The average molecular weight is 1750 g/mol. The lowest BCUT2D eigenvalue weighted by atomic mass is 10.3. The molecule has 0 aromatic heterocycles. The minimum atomic E-state index is -0.514. The van der Waals surface area contributed by atoms with E-state index >= 15 is 0 Å². The van der Waals surface area contributed by atoms with Crippen LogP contribution < -0.4 is 0 Å².